The molecule has 1 atom stereocenters. The Balaban J connectivity index is 1.80. The predicted octanol–water partition coefficient (Wildman–Crippen LogP) is 4.34. The van der Waals surface area contributed by atoms with Crippen LogP contribution in [0.2, 0.25) is 0 Å². The first kappa shape index (κ1) is 27.5. The summed E-state index contributed by atoms with van der Waals surface area (Å²) < 4.78 is 18.3. The molecule has 0 fully saturated rings. The first-order valence-corrected chi connectivity index (χ1v) is 13.7. The molecule has 3 aromatic rings. The third-order valence-electron chi connectivity index (χ3n) is 6.33. The second-order valence-electron chi connectivity index (χ2n) is 9.45. The number of hydrogen-bond donors (Lipinski definition) is 0. The highest BCUT2D eigenvalue weighted by Gasteiger charge is 2.33. The first-order valence-electron chi connectivity index (χ1n) is 12.8. The fraction of sp³-hybridized carbons (Fsp3) is 0.367. The van der Waals surface area contributed by atoms with E-state index in [2.05, 4.69) is 25.8 Å². The van der Waals surface area contributed by atoms with Crippen molar-refractivity contribution in [3.05, 3.63) is 96.2 Å². The lowest BCUT2D eigenvalue weighted by atomic mass is 9.93. The van der Waals surface area contributed by atoms with E-state index in [0.29, 0.717) is 33.1 Å². The molecule has 7 nitrogen and oxygen atoms in total. The fourth-order valence-corrected chi connectivity index (χ4v) is 5.33. The van der Waals surface area contributed by atoms with E-state index in [4.69, 9.17) is 14.2 Å². The number of benzene rings is 2. The minimum absolute atomic E-state index is 0.119. The molecule has 200 valence electrons. The Morgan fingerprint density at radius 2 is 1.79 bits per heavy atom. The normalized spacial score (nSPS) is 15.4. The van der Waals surface area contributed by atoms with Gasteiger partial charge in [0.05, 0.1) is 35.1 Å². The van der Waals surface area contributed by atoms with Gasteiger partial charge < -0.3 is 14.2 Å². The molecule has 0 bridgehead atoms. The van der Waals surface area contributed by atoms with Crippen LogP contribution in [0.15, 0.2) is 69.6 Å². The lowest BCUT2D eigenvalue weighted by molar-refractivity contribution is -0.140. The summed E-state index contributed by atoms with van der Waals surface area (Å²) in [6.07, 6.45) is 2.79. The number of nitrogens with zero attached hydrogens (tertiary/aromatic N) is 2. The van der Waals surface area contributed by atoms with Gasteiger partial charge in [0.15, 0.2) is 4.80 Å². The van der Waals surface area contributed by atoms with Gasteiger partial charge in [-0.3, -0.25) is 9.36 Å². The standard InChI is InChI=1S/C30H34N2O5S/c1-6-15-36-24-13-7-21(8-14-24)18-25-28(33)32-27(23-11-9-22(10-12-23)19(2)3)26(20(4)31-30(32)38-25)29(34)37-17-16-35-5/h7-14,18-19,27H,6,15-17H2,1-5H3. The Kier molecular flexibility index (Phi) is 8.97. The van der Waals surface area contributed by atoms with Crippen LogP contribution in [-0.4, -0.2) is 37.5 Å². The van der Waals surface area contributed by atoms with E-state index in [1.54, 1.807) is 18.6 Å². The zero-order chi connectivity index (χ0) is 27.2. The average molecular weight is 535 g/mol. The summed E-state index contributed by atoms with van der Waals surface area (Å²) in [5, 5.41) is 0. The van der Waals surface area contributed by atoms with Crippen LogP contribution in [0, 0.1) is 0 Å². The number of carbonyl (C=O) groups is 1. The maximum Gasteiger partial charge on any atom is 0.338 e. The van der Waals surface area contributed by atoms with Crippen molar-refractivity contribution in [3.8, 4) is 5.75 Å². The molecule has 0 aliphatic carbocycles. The third kappa shape index (κ3) is 5.97. The van der Waals surface area contributed by atoms with Gasteiger partial charge >= 0.3 is 5.97 Å². The number of esters is 1. The summed E-state index contributed by atoms with van der Waals surface area (Å²) in [5.74, 6) is 0.654. The van der Waals surface area contributed by atoms with Crippen LogP contribution in [-0.2, 0) is 14.3 Å². The topological polar surface area (TPSA) is 79.1 Å². The van der Waals surface area contributed by atoms with Gasteiger partial charge in [-0.25, -0.2) is 9.79 Å². The first-order chi connectivity index (χ1) is 18.3. The minimum Gasteiger partial charge on any atom is -0.494 e. The molecule has 2 aromatic carbocycles. The van der Waals surface area contributed by atoms with Gasteiger partial charge in [0, 0.05) is 7.11 Å². The lowest BCUT2D eigenvalue weighted by Crippen LogP contribution is -2.40. The maximum absolute atomic E-state index is 13.8. The van der Waals surface area contributed by atoms with E-state index in [0.717, 1.165) is 23.3 Å². The minimum atomic E-state index is -0.644. The van der Waals surface area contributed by atoms with Gasteiger partial charge in [0.2, 0.25) is 0 Å². The summed E-state index contributed by atoms with van der Waals surface area (Å²) in [7, 11) is 1.55. The Morgan fingerprint density at radius 3 is 2.42 bits per heavy atom. The van der Waals surface area contributed by atoms with Crippen molar-refractivity contribution < 1.29 is 19.0 Å². The Morgan fingerprint density at radius 1 is 1.08 bits per heavy atom. The second-order valence-corrected chi connectivity index (χ2v) is 10.5. The molecule has 1 aliphatic heterocycles. The van der Waals surface area contributed by atoms with Gasteiger partial charge in [0.1, 0.15) is 12.4 Å². The summed E-state index contributed by atoms with van der Waals surface area (Å²) in [6.45, 7) is 9.17. The highest BCUT2D eigenvalue weighted by molar-refractivity contribution is 7.07. The van der Waals surface area contributed by atoms with Crippen LogP contribution in [0.1, 0.15) is 62.8 Å². The van der Waals surface area contributed by atoms with E-state index in [1.807, 2.05) is 54.6 Å². The molecule has 0 saturated heterocycles. The predicted molar refractivity (Wildman–Crippen MR) is 149 cm³/mol. The molecule has 0 amide bonds. The molecule has 2 heterocycles. The molecule has 38 heavy (non-hydrogen) atoms. The Bertz CT molecular complexity index is 1480. The van der Waals surface area contributed by atoms with Crippen molar-refractivity contribution in [1.82, 2.24) is 4.57 Å². The number of rotatable bonds is 10. The van der Waals surface area contributed by atoms with Gasteiger partial charge in [-0.05, 0) is 54.2 Å². The molecule has 0 spiro atoms. The molecule has 1 unspecified atom stereocenters. The molecule has 8 heteroatoms. The van der Waals surface area contributed by atoms with Crippen LogP contribution < -0.4 is 19.6 Å². The van der Waals surface area contributed by atoms with Gasteiger partial charge in [-0.15, -0.1) is 0 Å². The molecule has 0 saturated carbocycles. The molecular formula is C30H34N2O5S. The zero-order valence-corrected chi connectivity index (χ0v) is 23.3. The van der Waals surface area contributed by atoms with Crippen LogP contribution in [0.3, 0.4) is 0 Å². The number of hydrogen-bond acceptors (Lipinski definition) is 7. The largest absolute Gasteiger partial charge is 0.494 e. The zero-order valence-electron chi connectivity index (χ0n) is 22.5. The molecular weight excluding hydrogens is 500 g/mol. The monoisotopic (exact) mass is 534 g/mol. The van der Waals surface area contributed by atoms with Crippen LogP contribution in [0.5, 0.6) is 5.75 Å². The summed E-state index contributed by atoms with van der Waals surface area (Å²) >= 11 is 1.31. The van der Waals surface area contributed by atoms with Gasteiger partial charge in [-0.1, -0.05) is 68.5 Å². The fourth-order valence-electron chi connectivity index (χ4n) is 4.29. The van der Waals surface area contributed by atoms with Crippen molar-refractivity contribution >= 4 is 23.4 Å². The number of allylic oxidation sites excluding steroid dienone is 1. The summed E-state index contributed by atoms with van der Waals surface area (Å²) in [5.41, 5.74) is 3.58. The van der Waals surface area contributed by atoms with Gasteiger partial charge in [-0.2, -0.15) is 0 Å². The van der Waals surface area contributed by atoms with Crippen molar-refractivity contribution in [2.45, 2.75) is 46.1 Å². The average Bonchev–Trinajstić information content (AvgIpc) is 3.21. The summed E-state index contributed by atoms with van der Waals surface area (Å²) in [4.78, 5) is 32.2. The lowest BCUT2D eigenvalue weighted by Gasteiger charge is -2.25. The SMILES string of the molecule is CCCOc1ccc(C=c2sc3n(c2=O)C(c2ccc(C(C)C)cc2)C(C(=O)OCCOC)=C(C)N=3)cc1. The summed E-state index contributed by atoms with van der Waals surface area (Å²) in [6, 6.07) is 15.0. The molecule has 0 radical (unpaired) electrons. The van der Waals surface area contributed by atoms with Crippen molar-refractivity contribution in [3.63, 3.8) is 0 Å². The van der Waals surface area contributed by atoms with Crippen LogP contribution >= 0.6 is 11.3 Å². The van der Waals surface area contributed by atoms with Crippen LogP contribution in [0.4, 0.5) is 0 Å². The highest BCUT2D eigenvalue weighted by Crippen LogP contribution is 2.31. The second kappa shape index (κ2) is 12.4. The van der Waals surface area contributed by atoms with E-state index >= 15 is 0 Å². The molecule has 1 aliphatic rings. The third-order valence-corrected chi connectivity index (χ3v) is 7.31. The quantitative estimate of drug-likeness (QED) is 0.286. The van der Waals surface area contributed by atoms with Gasteiger partial charge in [0.25, 0.3) is 5.56 Å². The van der Waals surface area contributed by atoms with E-state index in [-0.39, 0.29) is 18.8 Å². The maximum atomic E-state index is 13.8. The van der Waals surface area contributed by atoms with Crippen molar-refractivity contribution in [2.75, 3.05) is 26.9 Å². The smallest absolute Gasteiger partial charge is 0.338 e. The molecule has 4 rings (SSSR count). The molecule has 0 N–H and O–H groups in total. The number of carbonyl (C=O) groups excluding carboxylic acids is 1. The number of aromatic nitrogens is 1. The van der Waals surface area contributed by atoms with Crippen LogP contribution in [0.25, 0.3) is 6.08 Å². The number of methoxy groups -OCH3 is 1. The number of ether oxygens (including phenoxy) is 3. The number of fused-ring (bicyclic) bond motifs is 1. The van der Waals surface area contributed by atoms with E-state index in [9.17, 15) is 9.59 Å². The molecule has 1 aromatic heterocycles. The Labute approximate surface area is 226 Å². The highest BCUT2D eigenvalue weighted by atomic mass is 32.1. The van der Waals surface area contributed by atoms with E-state index < -0.39 is 12.0 Å². The van der Waals surface area contributed by atoms with E-state index in [1.165, 1.54) is 16.9 Å². The Hall–Kier alpha value is -3.49. The number of thiazole rings is 1. The van der Waals surface area contributed by atoms with Crippen molar-refractivity contribution in [2.24, 2.45) is 4.99 Å². The van der Waals surface area contributed by atoms with Crippen molar-refractivity contribution in [1.29, 1.82) is 0 Å².